The molecule has 2 aromatic heterocycles. The Morgan fingerprint density at radius 3 is 2.63 bits per heavy atom. The van der Waals surface area contributed by atoms with Gasteiger partial charge in [0, 0.05) is 41.7 Å². The highest BCUT2D eigenvalue weighted by Crippen LogP contribution is 2.34. The number of aliphatic carboxylic acids is 1. The number of fused-ring (bicyclic) bond motifs is 1. The summed E-state index contributed by atoms with van der Waals surface area (Å²) in [6.45, 7) is 0.357. The lowest BCUT2D eigenvalue weighted by atomic mass is 9.79. The summed E-state index contributed by atoms with van der Waals surface area (Å²) >= 11 is 0. The summed E-state index contributed by atoms with van der Waals surface area (Å²) in [5.74, 6) is -1.28. The quantitative estimate of drug-likeness (QED) is 0.294. The molecule has 0 bridgehead atoms. The highest BCUT2D eigenvalue weighted by molar-refractivity contribution is 6.03. The van der Waals surface area contributed by atoms with Crippen LogP contribution in [0.15, 0.2) is 60.8 Å². The molecule has 0 spiro atoms. The maximum Gasteiger partial charge on any atom is 0.307 e. The predicted octanol–water partition coefficient (Wildman–Crippen LogP) is 6.11. The number of pyridine rings is 2. The van der Waals surface area contributed by atoms with Gasteiger partial charge in [0.2, 0.25) is 0 Å². The van der Waals surface area contributed by atoms with Crippen LogP contribution in [-0.4, -0.2) is 39.5 Å². The van der Waals surface area contributed by atoms with Crippen molar-refractivity contribution in [2.75, 3.05) is 6.61 Å². The maximum atomic E-state index is 13.1. The number of rotatable bonds is 12. The van der Waals surface area contributed by atoms with E-state index >= 15 is 0 Å². The first-order valence-electron chi connectivity index (χ1n) is 13.9. The number of carbonyl (C=O) groups excluding carboxylic acids is 1. The van der Waals surface area contributed by atoms with Gasteiger partial charge in [-0.25, -0.2) is 0 Å². The Bertz CT molecular complexity index is 1250. The second-order valence-electron chi connectivity index (χ2n) is 10.7. The van der Waals surface area contributed by atoms with E-state index in [1.165, 1.54) is 36.2 Å². The van der Waals surface area contributed by atoms with Gasteiger partial charge in [-0.05, 0) is 87.5 Å². The van der Waals surface area contributed by atoms with Crippen molar-refractivity contribution < 1.29 is 19.4 Å². The van der Waals surface area contributed by atoms with Crippen LogP contribution in [0.4, 0.5) is 0 Å². The molecule has 1 N–H and O–H groups in total. The molecule has 1 aromatic carbocycles. The number of nitrogens with zero attached hydrogens (tertiary/aromatic N) is 2. The van der Waals surface area contributed by atoms with Crippen molar-refractivity contribution in [1.82, 2.24) is 9.97 Å². The molecule has 6 heteroatoms. The second kappa shape index (κ2) is 12.4. The molecule has 5 rings (SSSR count). The Labute approximate surface area is 224 Å². The Morgan fingerprint density at radius 2 is 1.82 bits per heavy atom. The minimum atomic E-state index is -0.957. The number of ketones is 1. The van der Waals surface area contributed by atoms with Gasteiger partial charge < -0.3 is 9.84 Å². The van der Waals surface area contributed by atoms with Crippen molar-refractivity contribution in [3.05, 3.63) is 83.3 Å². The molecular formula is C32H36N2O4. The third-order valence-electron chi connectivity index (χ3n) is 8.01. The lowest BCUT2D eigenvalue weighted by Crippen LogP contribution is -2.32. The number of Topliss-reactive ketones (excluding diaryl/α,β-unsaturated/α-hetero) is 1. The molecule has 0 saturated heterocycles. The number of hydrogen-bond donors (Lipinski definition) is 1. The highest BCUT2D eigenvalue weighted by atomic mass is 16.5. The van der Waals surface area contributed by atoms with Crippen LogP contribution in [0.3, 0.4) is 0 Å². The summed E-state index contributed by atoms with van der Waals surface area (Å²) in [7, 11) is 0. The first kappa shape index (κ1) is 26.2. The molecule has 1 fully saturated rings. The molecule has 6 nitrogen and oxygen atoms in total. The number of aromatic nitrogens is 2. The number of aryl methyl sites for hydroxylation is 3. The Balaban J connectivity index is 1.06. The van der Waals surface area contributed by atoms with Gasteiger partial charge in [0.05, 0.1) is 17.7 Å². The van der Waals surface area contributed by atoms with E-state index in [2.05, 4.69) is 17.1 Å². The van der Waals surface area contributed by atoms with Gasteiger partial charge in [0.25, 0.3) is 0 Å². The van der Waals surface area contributed by atoms with Crippen LogP contribution in [0.5, 0.6) is 0 Å². The first-order chi connectivity index (χ1) is 18.6. The predicted molar refractivity (Wildman–Crippen MR) is 146 cm³/mol. The van der Waals surface area contributed by atoms with Gasteiger partial charge in [0.15, 0.2) is 5.78 Å². The molecule has 2 aliphatic rings. The molecule has 0 radical (unpaired) electrons. The van der Waals surface area contributed by atoms with Crippen molar-refractivity contribution in [3.8, 4) is 11.3 Å². The van der Waals surface area contributed by atoms with Crippen molar-refractivity contribution in [3.63, 3.8) is 0 Å². The lowest BCUT2D eigenvalue weighted by molar-refractivity contribution is -0.142. The molecule has 1 atom stereocenters. The first-order valence-corrected chi connectivity index (χ1v) is 13.9. The van der Waals surface area contributed by atoms with Gasteiger partial charge >= 0.3 is 5.97 Å². The van der Waals surface area contributed by atoms with Crippen LogP contribution in [0, 0.1) is 11.8 Å². The third kappa shape index (κ3) is 6.54. The molecule has 1 saturated carbocycles. The van der Waals surface area contributed by atoms with E-state index in [1.807, 2.05) is 30.3 Å². The van der Waals surface area contributed by atoms with Crippen LogP contribution in [-0.2, 0) is 28.8 Å². The van der Waals surface area contributed by atoms with Gasteiger partial charge in [-0.1, -0.05) is 36.4 Å². The molecular weight excluding hydrogens is 476 g/mol. The van der Waals surface area contributed by atoms with Crippen molar-refractivity contribution in [1.29, 1.82) is 0 Å². The smallest absolute Gasteiger partial charge is 0.307 e. The van der Waals surface area contributed by atoms with Gasteiger partial charge in [-0.3, -0.25) is 19.6 Å². The third-order valence-corrected chi connectivity index (χ3v) is 8.01. The topological polar surface area (TPSA) is 89.4 Å². The Morgan fingerprint density at radius 1 is 1.00 bits per heavy atom. The number of carbonyl (C=O) groups is 2. The van der Waals surface area contributed by atoms with Crippen LogP contribution < -0.4 is 0 Å². The van der Waals surface area contributed by atoms with E-state index in [0.717, 1.165) is 37.7 Å². The number of carboxylic acid groups (broad SMARTS) is 1. The zero-order chi connectivity index (χ0) is 26.3. The van der Waals surface area contributed by atoms with E-state index in [1.54, 1.807) is 18.3 Å². The fraction of sp³-hybridized carbons (Fsp3) is 0.438. The zero-order valence-electron chi connectivity index (χ0n) is 21.9. The van der Waals surface area contributed by atoms with E-state index in [9.17, 15) is 14.7 Å². The largest absolute Gasteiger partial charge is 0.481 e. The molecule has 2 aliphatic carbocycles. The minimum absolute atomic E-state index is 0.0520. The number of benzene rings is 1. The Hall–Kier alpha value is -3.38. The molecule has 38 heavy (non-hydrogen) atoms. The lowest BCUT2D eigenvalue weighted by Gasteiger charge is -2.35. The van der Waals surface area contributed by atoms with Gasteiger partial charge in [-0.15, -0.1) is 0 Å². The van der Waals surface area contributed by atoms with Gasteiger partial charge in [0.1, 0.15) is 0 Å². The van der Waals surface area contributed by atoms with E-state index in [4.69, 9.17) is 9.72 Å². The fourth-order valence-corrected chi connectivity index (χ4v) is 5.66. The summed E-state index contributed by atoms with van der Waals surface area (Å²) in [4.78, 5) is 34.3. The van der Waals surface area contributed by atoms with Crippen molar-refractivity contribution in [2.45, 2.75) is 70.3 Å². The van der Waals surface area contributed by atoms with Crippen LogP contribution >= 0.6 is 0 Å². The maximum absolute atomic E-state index is 13.1. The van der Waals surface area contributed by atoms with E-state index in [-0.39, 0.29) is 18.3 Å². The van der Waals surface area contributed by atoms with Crippen LogP contribution in [0.25, 0.3) is 11.3 Å². The van der Waals surface area contributed by atoms with Crippen molar-refractivity contribution >= 4 is 11.8 Å². The molecule has 1 unspecified atom stereocenters. The SMILES string of the molecule is O=C(CC(CCOC1CC(CCc2ccc3c(n2)CCCC3)C1)C(=O)O)c1ccccc1-c1ccccn1. The standard InChI is InChI=1S/C32H36N2O4/c35-31(28-9-3-2-8-27(28)30-11-5-6-17-33-30)21-24(32(36)37)16-18-38-26-19-22(20-26)12-14-25-15-13-23-7-1-4-10-29(23)34-25/h2-3,5-6,8-9,11,13,15,17,22,24,26H,1,4,7,10,12,14,16,18-21H2,(H,36,37). The molecule has 2 heterocycles. The molecule has 0 aliphatic heterocycles. The fourth-order valence-electron chi connectivity index (χ4n) is 5.66. The van der Waals surface area contributed by atoms with Crippen LogP contribution in [0.1, 0.15) is 72.3 Å². The summed E-state index contributed by atoms with van der Waals surface area (Å²) in [6.07, 6.45) is 11.1. The summed E-state index contributed by atoms with van der Waals surface area (Å²) in [6, 6.07) is 17.3. The average molecular weight is 513 g/mol. The molecule has 3 aromatic rings. The molecule has 0 amide bonds. The molecule has 198 valence electrons. The number of hydrogen-bond acceptors (Lipinski definition) is 5. The highest BCUT2D eigenvalue weighted by Gasteiger charge is 2.30. The Kier molecular flexibility index (Phi) is 8.59. The number of ether oxygens (including phenoxy) is 1. The minimum Gasteiger partial charge on any atom is -0.481 e. The van der Waals surface area contributed by atoms with E-state index in [0.29, 0.717) is 30.2 Å². The van der Waals surface area contributed by atoms with Crippen LogP contribution in [0.2, 0.25) is 0 Å². The summed E-state index contributed by atoms with van der Waals surface area (Å²) in [5, 5.41) is 9.76. The monoisotopic (exact) mass is 512 g/mol. The summed E-state index contributed by atoms with van der Waals surface area (Å²) < 4.78 is 6.00. The zero-order valence-corrected chi connectivity index (χ0v) is 21.9. The van der Waals surface area contributed by atoms with Gasteiger partial charge in [-0.2, -0.15) is 0 Å². The number of carboxylic acids is 1. The normalized spacial score (nSPS) is 19.3. The van der Waals surface area contributed by atoms with Crippen molar-refractivity contribution in [2.24, 2.45) is 11.8 Å². The summed E-state index contributed by atoms with van der Waals surface area (Å²) in [5.41, 5.74) is 5.87. The second-order valence-corrected chi connectivity index (χ2v) is 10.7. The van der Waals surface area contributed by atoms with E-state index < -0.39 is 11.9 Å². The average Bonchev–Trinajstić information content (AvgIpc) is 2.93.